The number of piperazine rings is 1. The summed E-state index contributed by atoms with van der Waals surface area (Å²) in [5.41, 5.74) is 4.72. The van der Waals surface area contributed by atoms with Gasteiger partial charge in [-0.05, 0) is 43.7 Å². The predicted octanol–water partition coefficient (Wildman–Crippen LogP) is 4.13. The van der Waals surface area contributed by atoms with Crippen molar-refractivity contribution >= 4 is 32.7 Å². The zero-order valence-electron chi connectivity index (χ0n) is 18.1. The van der Waals surface area contributed by atoms with Crippen LogP contribution in [0.1, 0.15) is 16.8 Å². The molecule has 0 unspecified atom stereocenters. The molecule has 1 saturated heterocycles. The van der Waals surface area contributed by atoms with Gasteiger partial charge in [0.25, 0.3) is 0 Å². The van der Waals surface area contributed by atoms with Gasteiger partial charge in [0, 0.05) is 26.2 Å². The van der Waals surface area contributed by atoms with Crippen molar-refractivity contribution in [3.05, 3.63) is 71.2 Å². The molecule has 0 aliphatic carbocycles. The molecular weight excluding hydrogens is 425 g/mol. The number of hydrogen-bond acceptors (Lipinski definition) is 5. The van der Waals surface area contributed by atoms with E-state index in [4.69, 9.17) is 4.98 Å². The fourth-order valence-electron chi connectivity index (χ4n) is 3.96. The maximum atomic E-state index is 13.3. The number of anilines is 1. The molecule has 0 atom stereocenters. The van der Waals surface area contributed by atoms with E-state index in [1.54, 1.807) is 28.2 Å². The first kappa shape index (κ1) is 20.6. The molecule has 0 saturated carbocycles. The van der Waals surface area contributed by atoms with Gasteiger partial charge in [-0.3, -0.25) is 4.79 Å². The van der Waals surface area contributed by atoms with Crippen LogP contribution in [0.3, 0.4) is 0 Å². The largest absolute Gasteiger partial charge is 0.344 e. The lowest BCUT2D eigenvalue weighted by atomic mass is 10.1. The van der Waals surface area contributed by atoms with Gasteiger partial charge in [-0.15, -0.1) is 0 Å². The smallest absolute Gasteiger partial charge is 0.227 e. The number of hydrogen-bond donors (Lipinski definition) is 0. The summed E-state index contributed by atoms with van der Waals surface area (Å²) in [5.74, 6) is -0.108. The molecule has 2 aromatic carbocycles. The van der Waals surface area contributed by atoms with E-state index >= 15 is 0 Å². The normalized spacial score (nSPS) is 14.3. The molecule has 6 nitrogen and oxygen atoms in total. The molecule has 0 spiro atoms. The number of aryl methyl sites for hydroxylation is 2. The standard InChI is InChI=1S/C24H24FN5OS/c1-16-3-5-18(6-4-16)15-21(31)28-11-13-29(14-12-28)24-26-23-22(32-24)17(2)27-30(23)20-9-7-19(25)8-10-20/h3-10H,11-15H2,1-2H3. The monoisotopic (exact) mass is 449 g/mol. The fraction of sp³-hybridized carbons (Fsp3) is 0.292. The van der Waals surface area contributed by atoms with Crippen LogP contribution >= 0.6 is 11.3 Å². The van der Waals surface area contributed by atoms with Crippen LogP contribution in [0, 0.1) is 19.7 Å². The topological polar surface area (TPSA) is 54.3 Å². The predicted molar refractivity (Wildman–Crippen MR) is 125 cm³/mol. The van der Waals surface area contributed by atoms with E-state index in [0.29, 0.717) is 19.5 Å². The zero-order valence-corrected chi connectivity index (χ0v) is 18.9. The number of carbonyl (C=O) groups excluding carboxylic acids is 1. The van der Waals surface area contributed by atoms with Crippen LogP contribution in [0.4, 0.5) is 9.52 Å². The molecular formula is C24H24FN5OS. The van der Waals surface area contributed by atoms with Gasteiger partial charge in [-0.1, -0.05) is 41.2 Å². The molecule has 1 aliphatic rings. The Kier molecular flexibility index (Phi) is 5.38. The van der Waals surface area contributed by atoms with E-state index in [0.717, 1.165) is 45.5 Å². The highest BCUT2D eigenvalue weighted by molar-refractivity contribution is 7.22. The van der Waals surface area contributed by atoms with Gasteiger partial charge in [-0.25, -0.2) is 9.07 Å². The average molecular weight is 450 g/mol. The maximum absolute atomic E-state index is 13.3. The van der Waals surface area contributed by atoms with Crippen molar-refractivity contribution in [3.8, 4) is 5.69 Å². The second kappa shape index (κ2) is 8.35. The first-order chi connectivity index (χ1) is 15.5. The lowest BCUT2D eigenvalue weighted by molar-refractivity contribution is -0.130. The molecule has 3 heterocycles. The minimum Gasteiger partial charge on any atom is -0.344 e. The fourth-order valence-corrected chi connectivity index (χ4v) is 5.00. The highest BCUT2D eigenvalue weighted by Gasteiger charge is 2.25. The number of fused-ring (bicyclic) bond motifs is 1. The van der Waals surface area contributed by atoms with Gasteiger partial charge >= 0.3 is 0 Å². The summed E-state index contributed by atoms with van der Waals surface area (Å²) >= 11 is 1.62. The Balaban J connectivity index is 1.29. The van der Waals surface area contributed by atoms with Crippen molar-refractivity contribution in [3.63, 3.8) is 0 Å². The van der Waals surface area contributed by atoms with Crippen LogP contribution in [0.15, 0.2) is 48.5 Å². The van der Waals surface area contributed by atoms with E-state index in [-0.39, 0.29) is 11.7 Å². The molecule has 8 heteroatoms. The molecule has 1 amide bonds. The van der Waals surface area contributed by atoms with Gasteiger partial charge in [-0.2, -0.15) is 10.1 Å². The number of thiazole rings is 1. The van der Waals surface area contributed by atoms with Crippen LogP contribution < -0.4 is 4.90 Å². The summed E-state index contributed by atoms with van der Waals surface area (Å²) in [4.78, 5) is 21.7. The summed E-state index contributed by atoms with van der Waals surface area (Å²) in [7, 11) is 0. The van der Waals surface area contributed by atoms with Crippen molar-refractivity contribution < 1.29 is 9.18 Å². The van der Waals surface area contributed by atoms with Gasteiger partial charge in [0.05, 0.1) is 22.5 Å². The first-order valence-corrected chi connectivity index (χ1v) is 11.5. The Morgan fingerprint density at radius 2 is 1.69 bits per heavy atom. The lowest BCUT2D eigenvalue weighted by Crippen LogP contribution is -2.49. The van der Waals surface area contributed by atoms with Gasteiger partial charge in [0.1, 0.15) is 5.82 Å². The highest BCUT2D eigenvalue weighted by atomic mass is 32.1. The number of halogens is 1. The summed E-state index contributed by atoms with van der Waals surface area (Å²) in [6.45, 7) is 6.88. The maximum Gasteiger partial charge on any atom is 0.227 e. The Labute approximate surface area is 189 Å². The first-order valence-electron chi connectivity index (χ1n) is 10.7. The Morgan fingerprint density at radius 3 is 2.38 bits per heavy atom. The summed E-state index contributed by atoms with van der Waals surface area (Å²) in [6, 6.07) is 14.4. The molecule has 164 valence electrons. The van der Waals surface area contributed by atoms with E-state index in [9.17, 15) is 9.18 Å². The van der Waals surface area contributed by atoms with Crippen molar-refractivity contribution in [2.75, 3.05) is 31.1 Å². The van der Waals surface area contributed by atoms with E-state index in [2.05, 4.69) is 10.00 Å². The zero-order chi connectivity index (χ0) is 22.2. The SMILES string of the molecule is Cc1ccc(CC(=O)N2CCN(c3nc4c(s3)c(C)nn4-c3ccc(F)cc3)CC2)cc1. The lowest BCUT2D eigenvalue weighted by Gasteiger charge is -2.34. The molecule has 2 aromatic heterocycles. The van der Waals surface area contributed by atoms with Gasteiger partial charge in [0.2, 0.25) is 5.91 Å². The number of aromatic nitrogens is 3. The molecule has 32 heavy (non-hydrogen) atoms. The molecule has 5 rings (SSSR count). The summed E-state index contributed by atoms with van der Waals surface area (Å²) in [6.07, 6.45) is 0.439. The summed E-state index contributed by atoms with van der Waals surface area (Å²) in [5, 5.41) is 5.52. The Morgan fingerprint density at radius 1 is 1.00 bits per heavy atom. The molecule has 0 bridgehead atoms. The molecule has 0 radical (unpaired) electrons. The van der Waals surface area contributed by atoms with Crippen molar-refractivity contribution in [1.29, 1.82) is 0 Å². The van der Waals surface area contributed by atoms with Crippen LogP contribution in [-0.4, -0.2) is 51.8 Å². The molecule has 1 fully saturated rings. The van der Waals surface area contributed by atoms with Crippen molar-refractivity contribution in [2.45, 2.75) is 20.3 Å². The minimum absolute atomic E-state index is 0.167. The number of benzene rings is 2. The minimum atomic E-state index is -0.275. The third-order valence-electron chi connectivity index (χ3n) is 5.83. The Hall–Kier alpha value is -3.26. The second-order valence-corrected chi connectivity index (χ2v) is 9.13. The van der Waals surface area contributed by atoms with Crippen LogP contribution in [0.25, 0.3) is 16.0 Å². The highest BCUT2D eigenvalue weighted by Crippen LogP contribution is 2.33. The van der Waals surface area contributed by atoms with Crippen LogP contribution in [-0.2, 0) is 11.2 Å². The van der Waals surface area contributed by atoms with E-state index < -0.39 is 0 Å². The Bertz CT molecular complexity index is 1250. The number of nitrogens with zero attached hydrogens (tertiary/aromatic N) is 5. The van der Waals surface area contributed by atoms with E-state index in [1.807, 2.05) is 43.0 Å². The quantitative estimate of drug-likeness (QED) is 0.470. The molecule has 1 aliphatic heterocycles. The molecule has 4 aromatic rings. The van der Waals surface area contributed by atoms with Crippen LogP contribution in [0.2, 0.25) is 0 Å². The van der Waals surface area contributed by atoms with Gasteiger partial charge < -0.3 is 9.80 Å². The number of amides is 1. The van der Waals surface area contributed by atoms with Crippen molar-refractivity contribution in [1.82, 2.24) is 19.7 Å². The van der Waals surface area contributed by atoms with E-state index in [1.165, 1.54) is 17.7 Å². The molecule has 0 N–H and O–H groups in total. The number of carbonyl (C=O) groups is 1. The summed E-state index contributed by atoms with van der Waals surface area (Å²) < 4.78 is 16.1. The van der Waals surface area contributed by atoms with Crippen LogP contribution in [0.5, 0.6) is 0 Å². The average Bonchev–Trinajstić information content (AvgIpc) is 3.37. The third-order valence-corrected chi connectivity index (χ3v) is 7.04. The van der Waals surface area contributed by atoms with Gasteiger partial charge in [0.15, 0.2) is 10.8 Å². The number of rotatable bonds is 4. The third kappa shape index (κ3) is 3.98. The van der Waals surface area contributed by atoms with Crippen molar-refractivity contribution in [2.24, 2.45) is 0 Å². The second-order valence-electron chi connectivity index (χ2n) is 8.15.